The fourth-order valence-corrected chi connectivity index (χ4v) is 3.79. The van der Waals surface area contributed by atoms with Crippen LogP contribution in [0.3, 0.4) is 0 Å². The van der Waals surface area contributed by atoms with Crippen molar-refractivity contribution in [3.05, 3.63) is 34.9 Å². The van der Waals surface area contributed by atoms with Gasteiger partial charge in [0.25, 0.3) is 0 Å². The summed E-state index contributed by atoms with van der Waals surface area (Å²) in [7, 11) is 0. The number of carbonyl (C=O) groups excluding carboxylic acids is 2. The maximum atomic E-state index is 12.5. The Bertz CT molecular complexity index is 648. The monoisotopic (exact) mass is 374 g/mol. The van der Waals surface area contributed by atoms with Gasteiger partial charge in [-0.3, -0.25) is 0 Å². The second-order valence-electron chi connectivity index (χ2n) is 7.43. The molecule has 6 nitrogen and oxygen atoms in total. The van der Waals surface area contributed by atoms with E-state index in [-0.39, 0.29) is 28.9 Å². The highest BCUT2D eigenvalue weighted by atomic mass is 16.5. The van der Waals surface area contributed by atoms with Crippen molar-refractivity contribution in [3.8, 4) is 0 Å². The Hall–Kier alpha value is -2.37. The molecule has 6 heteroatoms. The van der Waals surface area contributed by atoms with Crippen molar-refractivity contribution in [1.82, 2.24) is 0 Å². The van der Waals surface area contributed by atoms with Crippen LogP contribution >= 0.6 is 0 Å². The summed E-state index contributed by atoms with van der Waals surface area (Å²) < 4.78 is 11.0. The van der Waals surface area contributed by atoms with Crippen LogP contribution < -0.4 is 0 Å². The van der Waals surface area contributed by atoms with Gasteiger partial charge in [0.2, 0.25) is 0 Å². The molecule has 0 spiro atoms. The quantitative estimate of drug-likeness (QED) is 0.770. The number of rotatable bonds is 5. The van der Waals surface area contributed by atoms with Crippen molar-refractivity contribution in [1.29, 1.82) is 0 Å². The molecule has 0 atom stereocenters. The molecular formula is C21H26O6. The predicted molar refractivity (Wildman–Crippen MR) is 98.0 cm³/mol. The Morgan fingerprint density at radius 3 is 1.41 bits per heavy atom. The molecule has 2 saturated carbocycles. The van der Waals surface area contributed by atoms with Crippen molar-refractivity contribution in [3.63, 3.8) is 0 Å². The molecule has 3 rings (SSSR count). The number of esters is 2. The summed E-state index contributed by atoms with van der Waals surface area (Å²) >= 11 is 0. The van der Waals surface area contributed by atoms with E-state index in [0.29, 0.717) is 0 Å². The van der Waals surface area contributed by atoms with Crippen LogP contribution in [0.15, 0.2) is 18.2 Å². The van der Waals surface area contributed by atoms with Gasteiger partial charge in [-0.2, -0.15) is 0 Å². The molecule has 0 bridgehead atoms. The molecule has 1 N–H and O–H groups in total. The first-order valence-corrected chi connectivity index (χ1v) is 9.83. The third-order valence-electron chi connectivity index (χ3n) is 5.30. The average Bonchev–Trinajstić information content (AvgIpc) is 2.69. The molecule has 27 heavy (non-hydrogen) atoms. The maximum Gasteiger partial charge on any atom is 0.338 e. The van der Waals surface area contributed by atoms with E-state index < -0.39 is 17.9 Å². The van der Waals surface area contributed by atoms with E-state index in [9.17, 15) is 19.5 Å². The Balaban J connectivity index is 1.75. The molecule has 0 aromatic heterocycles. The Kier molecular flexibility index (Phi) is 6.48. The summed E-state index contributed by atoms with van der Waals surface area (Å²) in [6.45, 7) is 0. The second kappa shape index (κ2) is 9.02. The third-order valence-corrected chi connectivity index (χ3v) is 5.30. The minimum absolute atomic E-state index is 0.0797. The van der Waals surface area contributed by atoms with Gasteiger partial charge in [0, 0.05) is 0 Å². The molecular weight excluding hydrogens is 348 g/mol. The SMILES string of the molecule is O=C(O)c1cc(C(=O)OC2CCCCC2)cc(C(=O)OC2CCCCC2)c1. The second-order valence-corrected chi connectivity index (χ2v) is 7.43. The van der Waals surface area contributed by atoms with Gasteiger partial charge in [0.1, 0.15) is 12.2 Å². The van der Waals surface area contributed by atoms with Gasteiger partial charge in [0.15, 0.2) is 0 Å². The van der Waals surface area contributed by atoms with Crippen LogP contribution in [0.4, 0.5) is 0 Å². The van der Waals surface area contributed by atoms with E-state index in [1.165, 1.54) is 18.2 Å². The summed E-state index contributed by atoms with van der Waals surface area (Å²) in [6, 6.07) is 3.89. The first-order chi connectivity index (χ1) is 13.0. The molecule has 0 unspecified atom stereocenters. The number of hydrogen-bond acceptors (Lipinski definition) is 5. The van der Waals surface area contributed by atoms with Crippen molar-refractivity contribution in [2.45, 2.75) is 76.4 Å². The maximum absolute atomic E-state index is 12.5. The van der Waals surface area contributed by atoms with E-state index >= 15 is 0 Å². The van der Waals surface area contributed by atoms with Gasteiger partial charge < -0.3 is 14.6 Å². The molecule has 0 aliphatic heterocycles. The van der Waals surface area contributed by atoms with E-state index in [4.69, 9.17) is 9.47 Å². The van der Waals surface area contributed by atoms with Crippen LogP contribution in [0.5, 0.6) is 0 Å². The van der Waals surface area contributed by atoms with Crippen LogP contribution in [0.25, 0.3) is 0 Å². The minimum Gasteiger partial charge on any atom is -0.478 e. The smallest absolute Gasteiger partial charge is 0.338 e. The van der Waals surface area contributed by atoms with Crippen LogP contribution in [0, 0.1) is 0 Å². The van der Waals surface area contributed by atoms with Crippen molar-refractivity contribution in [2.24, 2.45) is 0 Å². The molecule has 1 aromatic carbocycles. The summed E-state index contributed by atoms with van der Waals surface area (Å²) in [5, 5.41) is 9.34. The highest BCUT2D eigenvalue weighted by Crippen LogP contribution is 2.24. The zero-order chi connectivity index (χ0) is 19.2. The van der Waals surface area contributed by atoms with E-state index in [0.717, 1.165) is 64.2 Å². The predicted octanol–water partition coefficient (Wildman–Crippen LogP) is 4.36. The Labute approximate surface area is 158 Å². The van der Waals surface area contributed by atoms with E-state index in [2.05, 4.69) is 0 Å². The topological polar surface area (TPSA) is 89.9 Å². The first-order valence-electron chi connectivity index (χ1n) is 9.83. The highest BCUT2D eigenvalue weighted by Gasteiger charge is 2.23. The van der Waals surface area contributed by atoms with Gasteiger partial charge in [-0.15, -0.1) is 0 Å². The van der Waals surface area contributed by atoms with Gasteiger partial charge >= 0.3 is 17.9 Å². The molecule has 0 amide bonds. The largest absolute Gasteiger partial charge is 0.478 e. The van der Waals surface area contributed by atoms with Crippen LogP contribution in [0.1, 0.15) is 95.3 Å². The van der Waals surface area contributed by atoms with Crippen molar-refractivity contribution in [2.75, 3.05) is 0 Å². The average molecular weight is 374 g/mol. The standard InChI is InChI=1S/C21H26O6/c22-19(23)14-11-15(20(24)26-17-7-3-1-4-8-17)13-16(12-14)21(25)27-18-9-5-2-6-10-18/h11-13,17-18H,1-10H2,(H,22,23). The molecule has 1 aromatic rings. The van der Waals surface area contributed by atoms with Crippen molar-refractivity contribution >= 4 is 17.9 Å². The lowest BCUT2D eigenvalue weighted by Crippen LogP contribution is -2.23. The lowest BCUT2D eigenvalue weighted by Gasteiger charge is -2.22. The summed E-state index contributed by atoms with van der Waals surface area (Å²) in [6.07, 6.45) is 9.36. The minimum atomic E-state index is -1.20. The van der Waals surface area contributed by atoms with Gasteiger partial charge in [-0.25, -0.2) is 14.4 Å². The fourth-order valence-electron chi connectivity index (χ4n) is 3.79. The summed E-state index contributed by atoms with van der Waals surface area (Å²) in [5.41, 5.74) is 0.0378. The lowest BCUT2D eigenvalue weighted by molar-refractivity contribution is 0.0210. The van der Waals surface area contributed by atoms with Crippen LogP contribution in [-0.4, -0.2) is 35.2 Å². The molecule has 0 heterocycles. The molecule has 2 aliphatic rings. The van der Waals surface area contributed by atoms with Crippen LogP contribution in [0.2, 0.25) is 0 Å². The summed E-state index contributed by atoms with van der Waals surface area (Å²) in [5.74, 6) is -2.37. The molecule has 2 fully saturated rings. The Morgan fingerprint density at radius 1 is 0.667 bits per heavy atom. The lowest BCUT2D eigenvalue weighted by atomic mass is 9.97. The zero-order valence-corrected chi connectivity index (χ0v) is 15.4. The fraction of sp³-hybridized carbons (Fsp3) is 0.571. The van der Waals surface area contributed by atoms with Crippen LogP contribution in [-0.2, 0) is 9.47 Å². The van der Waals surface area contributed by atoms with Gasteiger partial charge in [-0.05, 0) is 69.6 Å². The van der Waals surface area contributed by atoms with Crippen molar-refractivity contribution < 1.29 is 29.0 Å². The number of carboxylic acids is 1. The zero-order valence-electron chi connectivity index (χ0n) is 15.4. The van der Waals surface area contributed by atoms with Gasteiger partial charge in [-0.1, -0.05) is 12.8 Å². The number of aromatic carboxylic acids is 1. The number of hydrogen-bond donors (Lipinski definition) is 1. The number of benzene rings is 1. The van der Waals surface area contributed by atoms with E-state index in [1.807, 2.05) is 0 Å². The number of carboxylic acid groups (broad SMARTS) is 1. The molecule has 0 saturated heterocycles. The molecule has 2 aliphatic carbocycles. The number of ether oxygens (including phenoxy) is 2. The van der Waals surface area contributed by atoms with Gasteiger partial charge in [0.05, 0.1) is 16.7 Å². The molecule has 146 valence electrons. The van der Waals surface area contributed by atoms with E-state index in [1.54, 1.807) is 0 Å². The third kappa shape index (κ3) is 5.31. The first kappa shape index (κ1) is 19.4. The number of carbonyl (C=O) groups is 3. The molecule has 0 radical (unpaired) electrons. The Morgan fingerprint density at radius 2 is 1.04 bits per heavy atom. The highest BCUT2D eigenvalue weighted by molar-refractivity contribution is 6.00. The normalized spacial score (nSPS) is 18.7. The summed E-state index contributed by atoms with van der Waals surface area (Å²) in [4.78, 5) is 36.4.